The number of anilines is 1. The number of rotatable bonds is 2. The van der Waals surface area contributed by atoms with Gasteiger partial charge >= 0.3 is 6.03 Å². The second-order valence-corrected chi connectivity index (χ2v) is 4.67. The van der Waals surface area contributed by atoms with Gasteiger partial charge in [-0.05, 0) is 36.6 Å². The number of likely N-dealkylation sites (tertiary alicyclic amines) is 1. The van der Waals surface area contributed by atoms with E-state index >= 15 is 0 Å². The summed E-state index contributed by atoms with van der Waals surface area (Å²) < 4.78 is 0. The normalized spacial score (nSPS) is 14.6. The van der Waals surface area contributed by atoms with Crippen molar-refractivity contribution in [3.63, 3.8) is 0 Å². The first-order chi connectivity index (χ1) is 9.33. The molecule has 3 rings (SSSR count). The fourth-order valence-electron chi connectivity index (χ4n) is 2.27. The molecule has 1 aliphatic heterocycles. The number of carbonyl (C=O) groups is 1. The van der Waals surface area contributed by atoms with Gasteiger partial charge in [-0.15, -0.1) is 0 Å². The summed E-state index contributed by atoms with van der Waals surface area (Å²) in [6, 6.07) is 9.65. The zero-order chi connectivity index (χ0) is 13.1. The molecule has 5 heteroatoms. The number of aromatic nitrogens is 2. The molecule has 2 heterocycles. The predicted octanol–water partition coefficient (Wildman–Crippen LogP) is 2.70. The average Bonchev–Trinajstić information content (AvgIpc) is 3.13. The Morgan fingerprint density at radius 2 is 1.89 bits per heavy atom. The van der Waals surface area contributed by atoms with E-state index in [1.54, 1.807) is 6.20 Å². The fraction of sp³-hybridized carbons (Fsp3) is 0.286. The molecule has 0 saturated carbocycles. The molecule has 2 aromatic rings. The third-order valence-corrected chi connectivity index (χ3v) is 3.34. The van der Waals surface area contributed by atoms with Crippen LogP contribution in [0.2, 0.25) is 0 Å². The number of carbonyl (C=O) groups excluding carboxylic acids is 1. The fourth-order valence-corrected chi connectivity index (χ4v) is 2.27. The average molecular weight is 256 g/mol. The highest BCUT2D eigenvalue weighted by atomic mass is 16.2. The van der Waals surface area contributed by atoms with E-state index < -0.39 is 0 Å². The third-order valence-electron chi connectivity index (χ3n) is 3.34. The van der Waals surface area contributed by atoms with E-state index in [1.807, 2.05) is 35.2 Å². The summed E-state index contributed by atoms with van der Waals surface area (Å²) in [5.74, 6) is 0. The lowest BCUT2D eigenvalue weighted by molar-refractivity contribution is 0.222. The number of hydrogen-bond acceptors (Lipinski definition) is 2. The predicted molar refractivity (Wildman–Crippen MR) is 73.8 cm³/mol. The van der Waals surface area contributed by atoms with Gasteiger partial charge in [-0.25, -0.2) is 4.79 Å². The van der Waals surface area contributed by atoms with Crippen molar-refractivity contribution in [1.29, 1.82) is 0 Å². The van der Waals surface area contributed by atoms with E-state index in [9.17, 15) is 4.79 Å². The van der Waals surface area contributed by atoms with Crippen molar-refractivity contribution in [2.24, 2.45) is 0 Å². The Labute approximate surface area is 111 Å². The van der Waals surface area contributed by atoms with Crippen LogP contribution in [0.3, 0.4) is 0 Å². The van der Waals surface area contributed by atoms with Crippen molar-refractivity contribution in [1.82, 2.24) is 15.1 Å². The lowest BCUT2D eigenvalue weighted by Crippen LogP contribution is -2.32. The van der Waals surface area contributed by atoms with Gasteiger partial charge in [0.1, 0.15) is 0 Å². The molecule has 1 aromatic carbocycles. The van der Waals surface area contributed by atoms with E-state index in [4.69, 9.17) is 0 Å². The number of urea groups is 1. The molecule has 2 amide bonds. The molecule has 0 radical (unpaired) electrons. The molecule has 2 N–H and O–H groups in total. The molecule has 98 valence electrons. The van der Waals surface area contributed by atoms with Gasteiger partial charge in [0.15, 0.2) is 0 Å². The van der Waals surface area contributed by atoms with Gasteiger partial charge in [-0.1, -0.05) is 12.1 Å². The first-order valence-electron chi connectivity index (χ1n) is 6.49. The maximum Gasteiger partial charge on any atom is 0.321 e. The SMILES string of the molecule is O=C(Nc1ccc(-c2ccn[nH]2)cc1)N1CCCC1. The highest BCUT2D eigenvalue weighted by Crippen LogP contribution is 2.19. The maximum atomic E-state index is 11.9. The highest BCUT2D eigenvalue weighted by Gasteiger charge is 2.17. The largest absolute Gasteiger partial charge is 0.325 e. The first kappa shape index (κ1) is 11.8. The summed E-state index contributed by atoms with van der Waals surface area (Å²) in [5, 5.41) is 9.75. The summed E-state index contributed by atoms with van der Waals surface area (Å²) in [6.45, 7) is 1.72. The summed E-state index contributed by atoms with van der Waals surface area (Å²) in [6.07, 6.45) is 3.93. The standard InChI is InChI=1S/C14H16N4O/c19-14(18-9-1-2-10-18)16-12-5-3-11(4-6-12)13-7-8-15-17-13/h3-8H,1-2,9-10H2,(H,15,17)(H,16,19). The Bertz CT molecular complexity index is 541. The van der Waals surface area contributed by atoms with E-state index in [-0.39, 0.29) is 6.03 Å². The number of H-pyrrole nitrogens is 1. The number of amides is 2. The van der Waals surface area contributed by atoms with Gasteiger partial charge in [-0.2, -0.15) is 5.10 Å². The minimum atomic E-state index is -0.00760. The third kappa shape index (κ3) is 2.59. The van der Waals surface area contributed by atoms with Crippen molar-refractivity contribution in [2.45, 2.75) is 12.8 Å². The van der Waals surface area contributed by atoms with Gasteiger partial charge in [0, 0.05) is 25.0 Å². The molecule has 1 saturated heterocycles. The molecule has 5 nitrogen and oxygen atoms in total. The van der Waals surface area contributed by atoms with Crippen LogP contribution in [0.25, 0.3) is 11.3 Å². The van der Waals surface area contributed by atoms with Gasteiger partial charge in [0.2, 0.25) is 0 Å². The summed E-state index contributed by atoms with van der Waals surface area (Å²) in [5.41, 5.74) is 2.84. The monoisotopic (exact) mass is 256 g/mol. The zero-order valence-corrected chi connectivity index (χ0v) is 10.6. The Hall–Kier alpha value is -2.30. The summed E-state index contributed by atoms with van der Waals surface area (Å²) >= 11 is 0. The number of nitrogens with one attached hydrogen (secondary N) is 2. The minimum absolute atomic E-state index is 0.00760. The second kappa shape index (κ2) is 5.14. The van der Waals surface area contributed by atoms with Gasteiger partial charge in [0.05, 0.1) is 5.69 Å². The molecular formula is C14H16N4O. The molecule has 1 fully saturated rings. The Balaban J connectivity index is 1.67. The Morgan fingerprint density at radius 3 is 2.53 bits per heavy atom. The smallest absolute Gasteiger partial charge is 0.321 e. The van der Waals surface area contributed by atoms with Crippen molar-refractivity contribution in [2.75, 3.05) is 18.4 Å². The van der Waals surface area contributed by atoms with Crippen LogP contribution in [0.1, 0.15) is 12.8 Å². The van der Waals surface area contributed by atoms with Crippen LogP contribution >= 0.6 is 0 Å². The van der Waals surface area contributed by atoms with Crippen LogP contribution in [0.4, 0.5) is 10.5 Å². The molecule has 1 aromatic heterocycles. The lowest BCUT2D eigenvalue weighted by Gasteiger charge is -2.16. The summed E-state index contributed by atoms with van der Waals surface area (Å²) in [4.78, 5) is 13.8. The molecule has 0 spiro atoms. The Morgan fingerprint density at radius 1 is 1.16 bits per heavy atom. The van der Waals surface area contributed by atoms with E-state index in [0.717, 1.165) is 42.9 Å². The van der Waals surface area contributed by atoms with Crippen molar-refractivity contribution < 1.29 is 4.79 Å². The van der Waals surface area contributed by atoms with Crippen molar-refractivity contribution >= 4 is 11.7 Å². The lowest BCUT2D eigenvalue weighted by atomic mass is 10.1. The van der Waals surface area contributed by atoms with Gasteiger partial charge in [0.25, 0.3) is 0 Å². The van der Waals surface area contributed by atoms with Gasteiger partial charge in [-0.3, -0.25) is 5.10 Å². The van der Waals surface area contributed by atoms with Crippen molar-refractivity contribution in [3.05, 3.63) is 36.5 Å². The van der Waals surface area contributed by atoms with Gasteiger partial charge < -0.3 is 10.2 Å². The van der Waals surface area contributed by atoms with Crippen LogP contribution < -0.4 is 5.32 Å². The molecule has 0 unspecified atom stereocenters. The van der Waals surface area contributed by atoms with E-state index in [1.165, 1.54) is 0 Å². The second-order valence-electron chi connectivity index (χ2n) is 4.67. The van der Waals surface area contributed by atoms with Crippen LogP contribution in [-0.4, -0.2) is 34.2 Å². The quantitative estimate of drug-likeness (QED) is 0.867. The first-order valence-corrected chi connectivity index (χ1v) is 6.49. The number of nitrogens with zero attached hydrogens (tertiary/aromatic N) is 2. The summed E-state index contributed by atoms with van der Waals surface area (Å²) in [7, 11) is 0. The minimum Gasteiger partial charge on any atom is -0.325 e. The zero-order valence-electron chi connectivity index (χ0n) is 10.6. The molecule has 19 heavy (non-hydrogen) atoms. The van der Waals surface area contributed by atoms with E-state index in [2.05, 4.69) is 15.5 Å². The highest BCUT2D eigenvalue weighted by molar-refractivity contribution is 5.89. The topological polar surface area (TPSA) is 61.0 Å². The molecule has 1 aliphatic rings. The van der Waals surface area contributed by atoms with Crippen LogP contribution in [0.15, 0.2) is 36.5 Å². The van der Waals surface area contributed by atoms with Crippen LogP contribution in [-0.2, 0) is 0 Å². The molecule has 0 bridgehead atoms. The number of aromatic amines is 1. The van der Waals surface area contributed by atoms with Crippen LogP contribution in [0, 0.1) is 0 Å². The van der Waals surface area contributed by atoms with E-state index in [0.29, 0.717) is 0 Å². The molecule has 0 aliphatic carbocycles. The van der Waals surface area contributed by atoms with Crippen LogP contribution in [0.5, 0.6) is 0 Å². The molecular weight excluding hydrogens is 240 g/mol. The Kier molecular flexibility index (Phi) is 3.18. The number of hydrogen-bond donors (Lipinski definition) is 2. The number of benzene rings is 1. The van der Waals surface area contributed by atoms with Crippen molar-refractivity contribution in [3.8, 4) is 11.3 Å². The maximum absolute atomic E-state index is 11.9. The molecule has 0 atom stereocenters.